The first-order valence-electron chi connectivity index (χ1n) is 10.8. The van der Waals surface area contributed by atoms with Gasteiger partial charge in [-0.15, -0.1) is 0 Å². The molecule has 0 amide bonds. The molecular formula is C26H26N2O6. The maximum Gasteiger partial charge on any atom is 0.345 e. The molecule has 0 aliphatic carbocycles. The Morgan fingerprint density at radius 3 is 2.56 bits per heavy atom. The molecule has 1 atom stereocenters. The number of aryl methyl sites for hydroxylation is 1. The van der Waals surface area contributed by atoms with Gasteiger partial charge < -0.3 is 14.2 Å². The molecule has 1 aliphatic heterocycles. The van der Waals surface area contributed by atoms with E-state index in [-0.39, 0.29) is 12.8 Å². The molecule has 0 bridgehead atoms. The summed E-state index contributed by atoms with van der Waals surface area (Å²) in [7, 11) is 2.57. The highest BCUT2D eigenvalue weighted by Gasteiger charge is 2.44. The molecule has 8 nitrogen and oxygen atoms in total. The fraction of sp³-hybridized carbons (Fsp3) is 0.269. The van der Waals surface area contributed by atoms with Gasteiger partial charge in [0.15, 0.2) is 0 Å². The Morgan fingerprint density at radius 1 is 1.06 bits per heavy atom. The van der Waals surface area contributed by atoms with Crippen LogP contribution in [0.1, 0.15) is 29.7 Å². The molecule has 0 spiro atoms. The van der Waals surface area contributed by atoms with E-state index < -0.39 is 17.5 Å². The number of nitrogens with zero attached hydrogens (tertiary/aromatic N) is 1. The van der Waals surface area contributed by atoms with E-state index in [2.05, 4.69) is 15.2 Å². The van der Waals surface area contributed by atoms with Crippen LogP contribution in [0.5, 0.6) is 5.75 Å². The van der Waals surface area contributed by atoms with Gasteiger partial charge in [0.1, 0.15) is 12.4 Å². The number of esters is 2. The number of nitrogens with one attached hydrogen (secondary N) is 1. The van der Waals surface area contributed by atoms with Gasteiger partial charge in [0.05, 0.1) is 25.4 Å². The van der Waals surface area contributed by atoms with Crippen LogP contribution in [0.2, 0.25) is 0 Å². The van der Waals surface area contributed by atoms with Gasteiger partial charge >= 0.3 is 11.9 Å². The van der Waals surface area contributed by atoms with Crippen LogP contribution >= 0.6 is 0 Å². The van der Waals surface area contributed by atoms with Crippen molar-refractivity contribution in [1.29, 1.82) is 0 Å². The summed E-state index contributed by atoms with van der Waals surface area (Å²) in [5, 5.41) is 1.06. The minimum Gasteiger partial charge on any atom is -0.489 e. The molecule has 4 rings (SSSR count). The van der Waals surface area contributed by atoms with Gasteiger partial charge in [-0.3, -0.25) is 20.1 Å². The molecule has 34 heavy (non-hydrogen) atoms. The molecule has 0 saturated heterocycles. The largest absolute Gasteiger partial charge is 0.489 e. The number of hydroxylamine groups is 1. The second-order valence-corrected chi connectivity index (χ2v) is 7.97. The minimum absolute atomic E-state index is 0.00694. The zero-order valence-electron chi connectivity index (χ0n) is 19.3. The van der Waals surface area contributed by atoms with Crippen LogP contribution in [0.15, 0.2) is 60.7 Å². The molecule has 8 heteroatoms. The van der Waals surface area contributed by atoms with E-state index in [4.69, 9.17) is 14.3 Å². The van der Waals surface area contributed by atoms with E-state index in [9.17, 15) is 9.59 Å². The van der Waals surface area contributed by atoms with Crippen molar-refractivity contribution in [3.05, 3.63) is 77.5 Å². The zero-order chi connectivity index (χ0) is 24.1. The van der Waals surface area contributed by atoms with Crippen LogP contribution in [0, 0.1) is 6.92 Å². The average molecular weight is 463 g/mol. The molecular weight excluding hydrogens is 436 g/mol. The number of carbonyl (C=O) groups is 2. The molecule has 0 radical (unpaired) electrons. The standard InChI is InChI=1S/C26H26N2O6/c1-17-14-19(21-6-4-5-7-22(21)27-17)16-33-20-10-8-18(9-11-20)23-15-26(34-28-23,25(30)32-3)13-12-24(29)31-2/h4-11,14-15,28H,12-13,16H2,1-3H3. The Kier molecular flexibility index (Phi) is 6.79. The number of carbonyl (C=O) groups excluding carboxylic acids is 2. The fourth-order valence-electron chi connectivity index (χ4n) is 3.87. The average Bonchev–Trinajstić information content (AvgIpc) is 3.31. The SMILES string of the molecule is COC(=O)CCC1(C(=O)OC)C=C(c2ccc(OCc3cc(C)nc4ccccc34)cc2)NO1. The van der Waals surface area contributed by atoms with Gasteiger partial charge in [0.25, 0.3) is 0 Å². The lowest BCUT2D eigenvalue weighted by atomic mass is 9.95. The third kappa shape index (κ3) is 4.87. The van der Waals surface area contributed by atoms with Crippen molar-refractivity contribution in [1.82, 2.24) is 10.5 Å². The number of ether oxygens (including phenoxy) is 3. The third-order valence-electron chi connectivity index (χ3n) is 5.67. The van der Waals surface area contributed by atoms with Gasteiger partial charge in [-0.2, -0.15) is 0 Å². The van der Waals surface area contributed by atoms with Crippen molar-refractivity contribution in [3.8, 4) is 5.75 Å². The highest BCUT2D eigenvalue weighted by molar-refractivity contribution is 5.87. The fourth-order valence-corrected chi connectivity index (χ4v) is 3.87. The molecule has 1 aliphatic rings. The van der Waals surface area contributed by atoms with E-state index in [0.717, 1.165) is 27.7 Å². The summed E-state index contributed by atoms with van der Waals surface area (Å²) in [6.45, 7) is 2.38. The van der Waals surface area contributed by atoms with Gasteiger partial charge in [0, 0.05) is 29.5 Å². The van der Waals surface area contributed by atoms with E-state index in [1.807, 2.05) is 61.5 Å². The number of pyridine rings is 1. The first-order valence-corrected chi connectivity index (χ1v) is 10.8. The first kappa shape index (κ1) is 23.3. The number of hydrogen-bond acceptors (Lipinski definition) is 8. The third-order valence-corrected chi connectivity index (χ3v) is 5.67. The molecule has 2 aromatic carbocycles. The second-order valence-electron chi connectivity index (χ2n) is 7.97. The monoisotopic (exact) mass is 462 g/mol. The van der Waals surface area contributed by atoms with Crippen LogP contribution in [0.25, 0.3) is 16.6 Å². The molecule has 0 saturated carbocycles. The number of para-hydroxylation sites is 1. The summed E-state index contributed by atoms with van der Waals surface area (Å²) in [4.78, 5) is 34.1. The van der Waals surface area contributed by atoms with E-state index in [0.29, 0.717) is 18.1 Å². The maximum absolute atomic E-state index is 12.4. The van der Waals surface area contributed by atoms with Crippen molar-refractivity contribution in [2.75, 3.05) is 14.2 Å². The smallest absolute Gasteiger partial charge is 0.345 e. The van der Waals surface area contributed by atoms with Crippen LogP contribution in [0.4, 0.5) is 0 Å². The molecule has 176 valence electrons. The topological polar surface area (TPSA) is 96.0 Å². The molecule has 2 heterocycles. The highest BCUT2D eigenvalue weighted by atomic mass is 16.7. The number of methoxy groups -OCH3 is 2. The molecule has 0 fully saturated rings. The van der Waals surface area contributed by atoms with E-state index in [1.165, 1.54) is 14.2 Å². The predicted octanol–water partition coefficient (Wildman–Crippen LogP) is 3.86. The van der Waals surface area contributed by atoms with Gasteiger partial charge in [-0.25, -0.2) is 4.79 Å². The van der Waals surface area contributed by atoms with Crippen LogP contribution < -0.4 is 10.2 Å². The Hall–Kier alpha value is -3.91. The molecule has 3 aromatic rings. The summed E-state index contributed by atoms with van der Waals surface area (Å²) < 4.78 is 15.6. The van der Waals surface area contributed by atoms with Crippen molar-refractivity contribution in [2.45, 2.75) is 32.0 Å². The number of fused-ring (bicyclic) bond motifs is 1. The number of hydrogen-bond donors (Lipinski definition) is 1. The summed E-state index contributed by atoms with van der Waals surface area (Å²) in [5.74, 6) is -0.335. The van der Waals surface area contributed by atoms with Crippen molar-refractivity contribution in [2.24, 2.45) is 0 Å². The zero-order valence-corrected chi connectivity index (χ0v) is 19.3. The summed E-state index contributed by atoms with van der Waals surface area (Å²) in [6.07, 6.45) is 1.72. The molecule has 1 N–H and O–H groups in total. The van der Waals surface area contributed by atoms with Crippen LogP contribution in [-0.2, 0) is 30.5 Å². The van der Waals surface area contributed by atoms with Crippen LogP contribution in [0.3, 0.4) is 0 Å². The Labute approximate surface area is 197 Å². The minimum atomic E-state index is -1.41. The van der Waals surface area contributed by atoms with Crippen molar-refractivity contribution < 1.29 is 28.6 Å². The highest BCUT2D eigenvalue weighted by Crippen LogP contribution is 2.32. The maximum atomic E-state index is 12.4. The van der Waals surface area contributed by atoms with Crippen molar-refractivity contribution >= 4 is 28.5 Å². The van der Waals surface area contributed by atoms with Gasteiger partial charge in [0.2, 0.25) is 5.60 Å². The lowest BCUT2D eigenvalue weighted by Crippen LogP contribution is -2.40. The quantitative estimate of drug-likeness (QED) is 0.504. The predicted molar refractivity (Wildman–Crippen MR) is 125 cm³/mol. The van der Waals surface area contributed by atoms with Gasteiger partial charge in [-0.05, 0) is 55.0 Å². The van der Waals surface area contributed by atoms with E-state index >= 15 is 0 Å². The summed E-state index contributed by atoms with van der Waals surface area (Å²) >= 11 is 0. The second kappa shape index (κ2) is 9.93. The van der Waals surface area contributed by atoms with Gasteiger partial charge in [-0.1, -0.05) is 18.2 Å². The lowest BCUT2D eigenvalue weighted by molar-refractivity contribution is -0.167. The van der Waals surface area contributed by atoms with Crippen LogP contribution in [-0.4, -0.2) is 36.7 Å². The summed E-state index contributed by atoms with van der Waals surface area (Å²) in [5.41, 5.74) is 5.71. The first-order chi connectivity index (χ1) is 16.4. The number of aromatic nitrogens is 1. The Balaban J connectivity index is 1.48. The normalized spacial score (nSPS) is 17.1. The van der Waals surface area contributed by atoms with Crippen molar-refractivity contribution in [3.63, 3.8) is 0 Å². The number of benzene rings is 2. The van der Waals surface area contributed by atoms with E-state index in [1.54, 1.807) is 6.08 Å². The summed E-state index contributed by atoms with van der Waals surface area (Å²) in [6, 6.07) is 17.4. The Bertz CT molecular complexity index is 1240. The Morgan fingerprint density at radius 2 is 1.82 bits per heavy atom. The molecule has 1 unspecified atom stereocenters. The lowest BCUT2D eigenvalue weighted by Gasteiger charge is -2.21. The molecule has 1 aromatic heterocycles. The number of rotatable bonds is 8.